The molecule has 3 saturated heterocycles. The van der Waals surface area contributed by atoms with Crippen molar-refractivity contribution in [3.05, 3.63) is 12.7 Å². The number of likely N-dealkylation sites (tertiary alicyclic amines) is 1. The zero-order chi connectivity index (χ0) is 23.1. The van der Waals surface area contributed by atoms with Crippen molar-refractivity contribution in [2.75, 3.05) is 26.3 Å². The van der Waals surface area contributed by atoms with Crippen LogP contribution >= 0.6 is 27.7 Å². The van der Waals surface area contributed by atoms with Gasteiger partial charge < -0.3 is 19.6 Å². The van der Waals surface area contributed by atoms with E-state index >= 15 is 0 Å². The molecule has 0 radical (unpaired) electrons. The van der Waals surface area contributed by atoms with Crippen molar-refractivity contribution < 1.29 is 24.2 Å². The molecule has 3 heterocycles. The minimum atomic E-state index is -0.690. The van der Waals surface area contributed by atoms with Gasteiger partial charge in [-0.3, -0.25) is 14.4 Å². The monoisotopic (exact) mass is 516 g/mol. The van der Waals surface area contributed by atoms with Crippen LogP contribution in [0.3, 0.4) is 0 Å². The lowest BCUT2D eigenvalue weighted by Crippen LogP contribution is -2.59. The van der Waals surface area contributed by atoms with Crippen LogP contribution in [0.15, 0.2) is 12.7 Å². The minimum absolute atomic E-state index is 0.0199. The Kier molecular flexibility index (Phi) is 7.18. The molecule has 3 fully saturated rings. The lowest BCUT2D eigenvalue weighted by atomic mass is 9.71. The van der Waals surface area contributed by atoms with Crippen molar-refractivity contribution in [3.63, 3.8) is 0 Å². The quantitative estimate of drug-likeness (QED) is 0.302. The highest BCUT2D eigenvalue weighted by Crippen LogP contribution is 2.68. The van der Waals surface area contributed by atoms with Gasteiger partial charge in [0, 0.05) is 35.3 Å². The second-order valence-corrected chi connectivity index (χ2v) is 12.1. The smallest absolute Gasteiger partial charge is 0.310 e. The molecule has 174 valence electrons. The average molecular weight is 517 g/mol. The summed E-state index contributed by atoms with van der Waals surface area (Å²) in [5, 5.41) is 9.31. The molecule has 31 heavy (non-hydrogen) atoms. The van der Waals surface area contributed by atoms with Crippen molar-refractivity contribution in [2.24, 2.45) is 11.8 Å². The molecule has 2 amide bonds. The highest BCUT2D eigenvalue weighted by molar-refractivity contribution is 9.09. The molecule has 9 heteroatoms. The molecule has 0 aliphatic carbocycles. The highest BCUT2D eigenvalue weighted by Gasteiger charge is 2.76. The average Bonchev–Trinajstić information content (AvgIpc) is 3.27. The van der Waals surface area contributed by atoms with E-state index in [-0.39, 0.29) is 47.6 Å². The Balaban J connectivity index is 2.08. The van der Waals surface area contributed by atoms with E-state index in [0.29, 0.717) is 19.4 Å². The van der Waals surface area contributed by atoms with E-state index in [1.165, 1.54) is 0 Å². The van der Waals surface area contributed by atoms with Crippen LogP contribution in [0.5, 0.6) is 0 Å². The predicted molar refractivity (Wildman–Crippen MR) is 124 cm³/mol. The lowest BCUT2D eigenvalue weighted by molar-refractivity contribution is -0.153. The van der Waals surface area contributed by atoms with Gasteiger partial charge >= 0.3 is 5.97 Å². The van der Waals surface area contributed by atoms with Gasteiger partial charge in [-0.25, -0.2) is 0 Å². The van der Waals surface area contributed by atoms with E-state index in [4.69, 9.17) is 4.74 Å². The summed E-state index contributed by atoms with van der Waals surface area (Å²) in [6.07, 6.45) is 2.71. The van der Waals surface area contributed by atoms with Crippen LogP contribution in [0.1, 0.15) is 40.5 Å². The Hall–Kier alpha value is -1.06. The van der Waals surface area contributed by atoms with Crippen molar-refractivity contribution in [2.45, 2.75) is 66.9 Å². The summed E-state index contributed by atoms with van der Waals surface area (Å²) < 4.78 is 4.65. The van der Waals surface area contributed by atoms with Crippen LogP contribution in [-0.4, -0.2) is 85.4 Å². The second kappa shape index (κ2) is 9.06. The van der Waals surface area contributed by atoms with E-state index in [0.717, 1.165) is 0 Å². The third-order valence-electron chi connectivity index (χ3n) is 6.53. The number of hydrogen-bond acceptors (Lipinski definition) is 6. The molecular weight excluding hydrogens is 484 g/mol. The normalized spacial score (nSPS) is 34.1. The summed E-state index contributed by atoms with van der Waals surface area (Å²) in [5.41, 5.74) is -0.457. The third-order valence-corrected chi connectivity index (χ3v) is 9.75. The van der Waals surface area contributed by atoms with E-state index in [1.54, 1.807) is 34.6 Å². The topological polar surface area (TPSA) is 87.2 Å². The van der Waals surface area contributed by atoms with E-state index in [9.17, 15) is 19.5 Å². The van der Waals surface area contributed by atoms with Gasteiger partial charge in [0.1, 0.15) is 6.04 Å². The number of hydrogen-bond donors (Lipinski definition) is 1. The summed E-state index contributed by atoms with van der Waals surface area (Å²) in [6, 6.07) is -0.690. The molecule has 3 unspecified atom stereocenters. The number of alkyl halides is 1. The molecular formula is C22H33BrN2O5S. The summed E-state index contributed by atoms with van der Waals surface area (Å²) in [7, 11) is 0. The van der Waals surface area contributed by atoms with Crippen molar-refractivity contribution in [1.29, 1.82) is 0 Å². The fraction of sp³-hybridized carbons (Fsp3) is 0.773. The molecule has 0 saturated carbocycles. The number of amides is 2. The first-order chi connectivity index (χ1) is 14.5. The summed E-state index contributed by atoms with van der Waals surface area (Å²) in [4.78, 5) is 44.0. The first-order valence-corrected chi connectivity index (χ1v) is 12.7. The maximum Gasteiger partial charge on any atom is 0.310 e. The molecule has 0 aromatic rings. The summed E-state index contributed by atoms with van der Waals surface area (Å²) in [5.74, 6) is -1.83. The number of carbonyl (C=O) groups excluding carboxylic acids is 3. The van der Waals surface area contributed by atoms with E-state index < -0.39 is 28.2 Å². The van der Waals surface area contributed by atoms with Crippen LogP contribution in [0.25, 0.3) is 0 Å². The molecule has 7 nitrogen and oxygen atoms in total. The van der Waals surface area contributed by atoms with Crippen molar-refractivity contribution in [3.8, 4) is 0 Å². The SMILES string of the molecule is C=CCN(C(=O)C1N(CCCO)C(=O)[C@@H]2[C@@H](C(=O)OCC)[C@@H]3SC12CC3Br)C(C)(C)C. The molecule has 3 aliphatic heterocycles. The molecule has 0 aromatic heterocycles. The molecule has 1 spiro atoms. The Bertz CT molecular complexity index is 757. The van der Waals surface area contributed by atoms with Gasteiger partial charge in [0.25, 0.3) is 0 Å². The molecule has 3 aliphatic rings. The zero-order valence-electron chi connectivity index (χ0n) is 18.7. The third kappa shape index (κ3) is 3.95. The number of nitrogens with zero attached hydrogens (tertiary/aromatic N) is 2. The number of aliphatic hydroxyl groups is 1. The first-order valence-electron chi connectivity index (χ1n) is 10.9. The van der Waals surface area contributed by atoms with E-state index in [2.05, 4.69) is 22.5 Å². The summed E-state index contributed by atoms with van der Waals surface area (Å²) in [6.45, 7) is 12.3. The van der Waals surface area contributed by atoms with Gasteiger partial charge in [-0.15, -0.1) is 18.3 Å². The number of carbonyl (C=O) groups is 3. The fourth-order valence-corrected chi connectivity index (χ4v) is 8.96. The Morgan fingerprint density at radius 1 is 1.45 bits per heavy atom. The maximum absolute atomic E-state index is 14.0. The molecule has 0 aromatic carbocycles. The molecule has 2 bridgehead atoms. The number of thioether (sulfide) groups is 1. The minimum Gasteiger partial charge on any atom is -0.466 e. The van der Waals surface area contributed by atoms with Crippen LogP contribution in [0, 0.1) is 11.8 Å². The number of halogens is 1. The van der Waals surface area contributed by atoms with Gasteiger partial charge in [0.2, 0.25) is 11.8 Å². The van der Waals surface area contributed by atoms with Crippen molar-refractivity contribution in [1.82, 2.24) is 9.80 Å². The van der Waals surface area contributed by atoms with E-state index in [1.807, 2.05) is 20.8 Å². The zero-order valence-corrected chi connectivity index (χ0v) is 21.1. The lowest BCUT2D eigenvalue weighted by Gasteiger charge is -2.42. The number of rotatable bonds is 8. The maximum atomic E-state index is 14.0. The summed E-state index contributed by atoms with van der Waals surface area (Å²) >= 11 is 5.32. The molecule has 6 atom stereocenters. The van der Waals surface area contributed by atoms with Gasteiger partial charge in [-0.05, 0) is 40.5 Å². The van der Waals surface area contributed by atoms with Gasteiger partial charge in [-0.1, -0.05) is 22.0 Å². The first kappa shape index (κ1) is 24.6. The number of fused-ring (bicyclic) bond motifs is 1. The number of aliphatic hydroxyl groups excluding tert-OH is 1. The Morgan fingerprint density at radius 2 is 2.13 bits per heavy atom. The number of ether oxygens (including phenoxy) is 1. The van der Waals surface area contributed by atoms with Crippen LogP contribution < -0.4 is 0 Å². The fourth-order valence-electron chi connectivity index (χ4n) is 5.37. The van der Waals surface area contributed by atoms with Crippen LogP contribution in [0.2, 0.25) is 0 Å². The Morgan fingerprint density at radius 3 is 2.68 bits per heavy atom. The molecule has 1 N–H and O–H groups in total. The van der Waals surface area contributed by atoms with Gasteiger partial charge in [0.15, 0.2) is 0 Å². The van der Waals surface area contributed by atoms with Crippen LogP contribution in [-0.2, 0) is 19.1 Å². The standard InChI is InChI=1S/C22H33BrN2O5S/c1-6-9-25(21(3,4)5)19(28)17-22-12-13(23)16(31-22)14(20(29)30-7-2)15(22)18(27)24(17)10-8-11-26/h6,13-17,26H,1,7-12H2,2-5H3/t13?,14-,15+,16-,17?,22?/m1/s1. The largest absolute Gasteiger partial charge is 0.466 e. The molecule has 3 rings (SSSR count). The van der Waals surface area contributed by atoms with Gasteiger partial charge in [-0.2, -0.15) is 0 Å². The predicted octanol–water partition coefficient (Wildman–Crippen LogP) is 2.21. The van der Waals surface area contributed by atoms with Crippen LogP contribution in [0.4, 0.5) is 0 Å². The van der Waals surface area contributed by atoms with Crippen molar-refractivity contribution >= 4 is 45.5 Å². The number of esters is 1. The Labute approximate surface area is 197 Å². The second-order valence-electron chi connectivity index (χ2n) is 9.43. The van der Waals surface area contributed by atoms with Gasteiger partial charge in [0.05, 0.1) is 23.2 Å². The highest BCUT2D eigenvalue weighted by atomic mass is 79.9.